The third-order valence-corrected chi connectivity index (χ3v) is 3.62. The van der Waals surface area contributed by atoms with Gasteiger partial charge in [0, 0.05) is 31.9 Å². The van der Waals surface area contributed by atoms with E-state index in [0.29, 0.717) is 12.1 Å². The molecule has 2 atom stereocenters. The molecule has 0 amide bonds. The number of anilines is 1. The molecule has 1 aromatic rings. The van der Waals surface area contributed by atoms with Crippen LogP contribution in [-0.4, -0.2) is 41.7 Å². The van der Waals surface area contributed by atoms with E-state index >= 15 is 0 Å². The van der Waals surface area contributed by atoms with Crippen molar-refractivity contribution >= 4 is 5.82 Å². The van der Waals surface area contributed by atoms with E-state index in [9.17, 15) is 0 Å². The molecule has 0 spiro atoms. The van der Waals surface area contributed by atoms with Crippen LogP contribution in [0.2, 0.25) is 0 Å². The second-order valence-corrected chi connectivity index (χ2v) is 5.22. The molecule has 0 aromatic carbocycles. The Hall–Kier alpha value is -1.13. The second-order valence-electron chi connectivity index (χ2n) is 5.22. The summed E-state index contributed by atoms with van der Waals surface area (Å²) in [5.74, 6) is 0.952. The Bertz CT molecular complexity index is 379. The lowest BCUT2D eigenvalue weighted by Crippen LogP contribution is -2.47. The van der Waals surface area contributed by atoms with E-state index < -0.39 is 0 Å². The van der Waals surface area contributed by atoms with Gasteiger partial charge in [0.05, 0.1) is 12.7 Å². The van der Waals surface area contributed by atoms with Gasteiger partial charge in [-0.3, -0.25) is 4.90 Å². The topological polar surface area (TPSA) is 37.4 Å². The fourth-order valence-electron chi connectivity index (χ4n) is 2.52. The number of aromatic nitrogens is 1. The third-order valence-electron chi connectivity index (χ3n) is 3.62. The standard InChI is InChI=1S/C15H25N3O/c1-4-14-11-19-12(3)9-18(14)10-13-6-7-15(16-5-2)17-8-13/h6-8,12,14H,4-5,9-11H2,1-3H3,(H,16,17). The number of rotatable bonds is 5. The molecule has 2 unspecified atom stereocenters. The Kier molecular flexibility index (Phi) is 5.16. The van der Waals surface area contributed by atoms with Crippen LogP contribution < -0.4 is 5.32 Å². The van der Waals surface area contributed by atoms with Crippen molar-refractivity contribution in [3.8, 4) is 0 Å². The minimum Gasteiger partial charge on any atom is -0.376 e. The first kappa shape index (κ1) is 14.3. The largest absolute Gasteiger partial charge is 0.376 e. The van der Waals surface area contributed by atoms with Gasteiger partial charge in [0.15, 0.2) is 0 Å². The molecule has 1 aliphatic heterocycles. The molecule has 0 saturated carbocycles. The Labute approximate surface area is 116 Å². The number of nitrogens with zero attached hydrogens (tertiary/aromatic N) is 2. The molecule has 1 aromatic heterocycles. The summed E-state index contributed by atoms with van der Waals surface area (Å²) >= 11 is 0. The number of morpholine rings is 1. The van der Waals surface area contributed by atoms with Crippen LogP contribution in [0.4, 0.5) is 5.82 Å². The van der Waals surface area contributed by atoms with Gasteiger partial charge in [-0.15, -0.1) is 0 Å². The maximum Gasteiger partial charge on any atom is 0.125 e. The van der Waals surface area contributed by atoms with E-state index in [1.54, 1.807) is 0 Å². The second kappa shape index (κ2) is 6.87. The van der Waals surface area contributed by atoms with Crippen LogP contribution in [0, 0.1) is 0 Å². The summed E-state index contributed by atoms with van der Waals surface area (Å²) in [6, 6.07) is 4.76. The maximum atomic E-state index is 5.73. The fourth-order valence-corrected chi connectivity index (χ4v) is 2.52. The number of nitrogens with one attached hydrogen (secondary N) is 1. The smallest absolute Gasteiger partial charge is 0.125 e. The van der Waals surface area contributed by atoms with Crippen LogP contribution >= 0.6 is 0 Å². The number of pyridine rings is 1. The van der Waals surface area contributed by atoms with Crippen LogP contribution in [0.3, 0.4) is 0 Å². The normalized spacial score (nSPS) is 24.4. The monoisotopic (exact) mass is 263 g/mol. The van der Waals surface area contributed by atoms with Crippen LogP contribution in [0.1, 0.15) is 32.8 Å². The van der Waals surface area contributed by atoms with Gasteiger partial charge in [0.1, 0.15) is 5.82 Å². The molecule has 4 nitrogen and oxygen atoms in total. The van der Waals surface area contributed by atoms with Crippen molar-refractivity contribution in [2.75, 3.05) is 25.0 Å². The molecule has 106 valence electrons. The zero-order valence-corrected chi connectivity index (χ0v) is 12.2. The van der Waals surface area contributed by atoms with Crippen molar-refractivity contribution < 1.29 is 4.74 Å². The molecule has 19 heavy (non-hydrogen) atoms. The summed E-state index contributed by atoms with van der Waals surface area (Å²) in [7, 11) is 0. The molecule has 0 bridgehead atoms. The molecule has 4 heteroatoms. The van der Waals surface area contributed by atoms with Crippen molar-refractivity contribution in [3.05, 3.63) is 23.9 Å². The number of hydrogen-bond acceptors (Lipinski definition) is 4. The SMILES string of the molecule is CCNc1ccc(CN2CC(C)OCC2CC)cn1. The highest BCUT2D eigenvalue weighted by atomic mass is 16.5. The maximum absolute atomic E-state index is 5.73. The zero-order valence-electron chi connectivity index (χ0n) is 12.2. The van der Waals surface area contributed by atoms with Crippen LogP contribution in [0.5, 0.6) is 0 Å². The van der Waals surface area contributed by atoms with Crippen molar-refractivity contribution in [1.29, 1.82) is 0 Å². The van der Waals surface area contributed by atoms with Gasteiger partial charge < -0.3 is 10.1 Å². The molecule has 1 N–H and O–H groups in total. The van der Waals surface area contributed by atoms with Gasteiger partial charge >= 0.3 is 0 Å². The first-order chi connectivity index (χ1) is 9.22. The predicted octanol–water partition coefficient (Wildman–Crippen LogP) is 2.51. The van der Waals surface area contributed by atoms with Crippen LogP contribution in [0.15, 0.2) is 18.3 Å². The zero-order chi connectivity index (χ0) is 13.7. The van der Waals surface area contributed by atoms with Gasteiger partial charge in [0.2, 0.25) is 0 Å². The summed E-state index contributed by atoms with van der Waals surface area (Å²) in [4.78, 5) is 6.95. The molecule has 1 fully saturated rings. The van der Waals surface area contributed by atoms with E-state index in [1.165, 1.54) is 5.56 Å². The molecule has 1 saturated heterocycles. The quantitative estimate of drug-likeness (QED) is 0.885. The molecular weight excluding hydrogens is 238 g/mol. The Balaban J connectivity index is 1.98. The van der Waals surface area contributed by atoms with E-state index in [2.05, 4.69) is 48.1 Å². The first-order valence-corrected chi connectivity index (χ1v) is 7.27. The van der Waals surface area contributed by atoms with Crippen molar-refractivity contribution in [3.63, 3.8) is 0 Å². The highest BCUT2D eigenvalue weighted by molar-refractivity contribution is 5.35. The van der Waals surface area contributed by atoms with Gasteiger partial charge in [-0.1, -0.05) is 13.0 Å². The highest BCUT2D eigenvalue weighted by Crippen LogP contribution is 2.18. The summed E-state index contributed by atoms with van der Waals surface area (Å²) in [5, 5.41) is 3.22. The van der Waals surface area contributed by atoms with Crippen molar-refractivity contribution in [2.24, 2.45) is 0 Å². The lowest BCUT2D eigenvalue weighted by atomic mass is 10.1. The predicted molar refractivity (Wildman–Crippen MR) is 78.3 cm³/mol. The molecular formula is C15H25N3O. The van der Waals surface area contributed by atoms with E-state index in [0.717, 1.165) is 38.5 Å². The minimum atomic E-state index is 0.330. The van der Waals surface area contributed by atoms with E-state index in [1.807, 2.05) is 6.20 Å². The lowest BCUT2D eigenvalue weighted by Gasteiger charge is -2.38. The highest BCUT2D eigenvalue weighted by Gasteiger charge is 2.25. The van der Waals surface area contributed by atoms with Gasteiger partial charge in [-0.05, 0) is 31.9 Å². The number of hydrogen-bond donors (Lipinski definition) is 1. The van der Waals surface area contributed by atoms with Gasteiger partial charge in [0.25, 0.3) is 0 Å². The Morgan fingerprint density at radius 1 is 1.42 bits per heavy atom. The van der Waals surface area contributed by atoms with E-state index in [4.69, 9.17) is 4.74 Å². The molecule has 0 aliphatic carbocycles. The number of ether oxygens (including phenoxy) is 1. The minimum absolute atomic E-state index is 0.330. The Morgan fingerprint density at radius 2 is 2.26 bits per heavy atom. The average molecular weight is 263 g/mol. The van der Waals surface area contributed by atoms with Gasteiger partial charge in [-0.2, -0.15) is 0 Å². The summed E-state index contributed by atoms with van der Waals surface area (Å²) in [6.45, 7) is 10.2. The molecule has 0 radical (unpaired) electrons. The van der Waals surface area contributed by atoms with Crippen molar-refractivity contribution in [2.45, 2.75) is 45.9 Å². The van der Waals surface area contributed by atoms with E-state index in [-0.39, 0.29) is 0 Å². The average Bonchev–Trinajstić information content (AvgIpc) is 2.42. The van der Waals surface area contributed by atoms with Gasteiger partial charge in [-0.25, -0.2) is 4.98 Å². The molecule has 2 heterocycles. The summed E-state index contributed by atoms with van der Waals surface area (Å²) in [5.41, 5.74) is 1.27. The Morgan fingerprint density at radius 3 is 2.89 bits per heavy atom. The third kappa shape index (κ3) is 3.91. The lowest BCUT2D eigenvalue weighted by molar-refractivity contribution is -0.0592. The molecule has 2 rings (SSSR count). The summed E-state index contributed by atoms with van der Waals surface area (Å²) < 4.78 is 5.73. The fraction of sp³-hybridized carbons (Fsp3) is 0.667. The molecule has 1 aliphatic rings. The van der Waals surface area contributed by atoms with Crippen molar-refractivity contribution in [1.82, 2.24) is 9.88 Å². The summed E-state index contributed by atoms with van der Waals surface area (Å²) in [6.07, 6.45) is 3.44. The first-order valence-electron chi connectivity index (χ1n) is 7.27. The van der Waals surface area contributed by atoms with Crippen LogP contribution in [-0.2, 0) is 11.3 Å². The van der Waals surface area contributed by atoms with Crippen LogP contribution in [0.25, 0.3) is 0 Å².